The number of rotatable bonds is 7. The van der Waals surface area contributed by atoms with Crippen LogP contribution in [-0.2, 0) is 14.3 Å². The van der Waals surface area contributed by atoms with Gasteiger partial charge >= 0.3 is 12.6 Å². The molecule has 0 spiro atoms. The Morgan fingerprint density at radius 3 is 2.59 bits per heavy atom. The van der Waals surface area contributed by atoms with Gasteiger partial charge in [-0.1, -0.05) is 18.2 Å². The van der Waals surface area contributed by atoms with Crippen LogP contribution in [0.5, 0.6) is 5.75 Å². The average molecular weight is 400 g/mol. The first kappa shape index (κ1) is 21.0. The van der Waals surface area contributed by atoms with Crippen LogP contribution in [0.1, 0.15) is 25.5 Å². The Balaban J connectivity index is 2.57. The number of carbonyl (C=O) groups is 1. The molecule has 0 radical (unpaired) electrons. The molecule has 148 valence electrons. The van der Waals surface area contributed by atoms with Gasteiger partial charge in [0, 0.05) is 18.4 Å². The van der Waals surface area contributed by atoms with E-state index in [1.165, 1.54) is 13.2 Å². The zero-order valence-electron chi connectivity index (χ0n) is 15.5. The molecule has 6 nitrogen and oxygen atoms in total. The quantitative estimate of drug-likeness (QED) is 0.558. The second kappa shape index (κ2) is 9.09. The molecular formula is C18H22F2N2O4S. The Hall–Kier alpha value is -2.26. The van der Waals surface area contributed by atoms with Crippen LogP contribution in [0.4, 0.5) is 8.78 Å². The molecule has 27 heavy (non-hydrogen) atoms. The van der Waals surface area contributed by atoms with Gasteiger partial charge in [-0.25, -0.2) is 4.79 Å². The van der Waals surface area contributed by atoms with E-state index in [2.05, 4.69) is 10.1 Å². The van der Waals surface area contributed by atoms with Gasteiger partial charge in [-0.2, -0.15) is 8.78 Å². The highest BCUT2D eigenvalue weighted by molar-refractivity contribution is 7.80. The first-order chi connectivity index (χ1) is 12.8. The van der Waals surface area contributed by atoms with Gasteiger partial charge in [0.1, 0.15) is 5.75 Å². The standard InChI is InChI=1S/C18H22F2N2O4S/c1-10(9-24-3)22-11(2)14(16(23)25-4)15(21-18(22)27)12-7-5-6-8-13(12)26-17(19)20/h5-8,10,15,17H,9H2,1-4H3,(H,21,27)/t10-,15+/m1/s1. The Bertz CT molecular complexity index is 742. The number of esters is 1. The maximum atomic E-state index is 12.8. The van der Waals surface area contributed by atoms with Gasteiger partial charge in [-0.3, -0.25) is 0 Å². The van der Waals surface area contributed by atoms with E-state index < -0.39 is 18.6 Å². The molecule has 0 unspecified atom stereocenters. The number of allylic oxidation sites excluding steroid dienone is 1. The second-order valence-electron chi connectivity index (χ2n) is 5.96. The van der Waals surface area contributed by atoms with Gasteiger partial charge in [0.25, 0.3) is 0 Å². The summed E-state index contributed by atoms with van der Waals surface area (Å²) in [5.41, 5.74) is 1.19. The molecule has 0 aromatic heterocycles. The number of halogens is 2. The minimum absolute atomic E-state index is 0.0413. The number of nitrogens with one attached hydrogen (secondary N) is 1. The number of carbonyl (C=O) groups excluding carboxylic acids is 1. The van der Waals surface area contributed by atoms with Crippen LogP contribution in [0.2, 0.25) is 0 Å². The summed E-state index contributed by atoms with van der Waals surface area (Å²) in [4.78, 5) is 14.3. The molecule has 0 amide bonds. The van der Waals surface area contributed by atoms with E-state index in [1.54, 1.807) is 37.1 Å². The van der Waals surface area contributed by atoms with E-state index in [0.29, 0.717) is 23.0 Å². The lowest BCUT2D eigenvalue weighted by atomic mass is 9.94. The number of nitrogens with zero attached hydrogens (tertiary/aromatic N) is 1. The number of thiocarbonyl (C=S) groups is 1. The molecule has 9 heteroatoms. The summed E-state index contributed by atoms with van der Waals surface area (Å²) in [6, 6.07) is 5.32. The lowest BCUT2D eigenvalue weighted by molar-refractivity contribution is -0.136. The minimum Gasteiger partial charge on any atom is -0.466 e. The predicted molar refractivity (Wildman–Crippen MR) is 99.4 cm³/mol. The monoisotopic (exact) mass is 400 g/mol. The number of methoxy groups -OCH3 is 2. The first-order valence-corrected chi connectivity index (χ1v) is 8.64. The number of hydrogen-bond acceptors (Lipinski definition) is 5. The highest BCUT2D eigenvalue weighted by Gasteiger charge is 2.37. The van der Waals surface area contributed by atoms with Crippen LogP contribution >= 0.6 is 12.2 Å². The highest BCUT2D eigenvalue weighted by atomic mass is 32.1. The van der Waals surface area contributed by atoms with E-state index in [0.717, 1.165) is 0 Å². The van der Waals surface area contributed by atoms with Crippen LogP contribution in [0.15, 0.2) is 35.5 Å². The Morgan fingerprint density at radius 2 is 2.00 bits per heavy atom. The number of benzene rings is 1. The lowest BCUT2D eigenvalue weighted by Crippen LogP contribution is -2.52. The molecule has 0 bridgehead atoms. The molecule has 2 rings (SSSR count). The Morgan fingerprint density at radius 1 is 1.33 bits per heavy atom. The van der Waals surface area contributed by atoms with Crippen LogP contribution < -0.4 is 10.1 Å². The van der Waals surface area contributed by atoms with E-state index in [4.69, 9.17) is 21.7 Å². The molecule has 1 aliphatic heterocycles. The van der Waals surface area contributed by atoms with E-state index in [-0.39, 0.29) is 17.4 Å². The average Bonchev–Trinajstić information content (AvgIpc) is 2.61. The molecule has 2 atom stereocenters. The molecule has 0 saturated heterocycles. The molecule has 1 heterocycles. The molecule has 1 N–H and O–H groups in total. The first-order valence-electron chi connectivity index (χ1n) is 8.23. The van der Waals surface area contributed by atoms with Crippen molar-refractivity contribution < 1.29 is 27.8 Å². The van der Waals surface area contributed by atoms with Gasteiger partial charge in [0.05, 0.1) is 31.4 Å². The largest absolute Gasteiger partial charge is 0.466 e. The fourth-order valence-corrected chi connectivity index (χ4v) is 3.57. The molecule has 1 aromatic carbocycles. The molecule has 1 aliphatic rings. The number of ether oxygens (including phenoxy) is 3. The van der Waals surface area contributed by atoms with E-state index in [1.807, 2.05) is 6.92 Å². The van der Waals surface area contributed by atoms with Crippen molar-refractivity contribution >= 4 is 23.3 Å². The van der Waals surface area contributed by atoms with Gasteiger partial charge in [-0.05, 0) is 32.1 Å². The summed E-state index contributed by atoms with van der Waals surface area (Å²) >= 11 is 5.46. The SMILES string of the molecule is COC[C@@H](C)N1C(=S)N[C@@H](c2ccccc2OC(F)F)C(C(=O)OC)=C1C. The summed E-state index contributed by atoms with van der Waals surface area (Å²) in [6.07, 6.45) is 0. The highest BCUT2D eigenvalue weighted by Crippen LogP contribution is 2.37. The number of hydrogen-bond donors (Lipinski definition) is 1. The maximum absolute atomic E-state index is 12.8. The van der Waals surface area contributed by atoms with Crippen molar-refractivity contribution in [1.29, 1.82) is 0 Å². The van der Waals surface area contributed by atoms with Gasteiger partial charge in [0.15, 0.2) is 5.11 Å². The van der Waals surface area contributed by atoms with Crippen LogP contribution in [0, 0.1) is 0 Å². The number of alkyl halides is 2. The van der Waals surface area contributed by atoms with Crippen LogP contribution in [-0.4, -0.2) is 49.5 Å². The summed E-state index contributed by atoms with van der Waals surface area (Å²) < 4.78 is 40.3. The normalized spacial score (nSPS) is 18.4. The molecular weight excluding hydrogens is 378 g/mol. The molecule has 0 fully saturated rings. The van der Waals surface area contributed by atoms with Crippen molar-refractivity contribution in [3.8, 4) is 5.75 Å². The molecule has 1 aromatic rings. The predicted octanol–water partition coefficient (Wildman–Crippen LogP) is 3.00. The van der Waals surface area contributed by atoms with Crippen molar-refractivity contribution in [2.24, 2.45) is 0 Å². The van der Waals surface area contributed by atoms with Crippen molar-refractivity contribution in [3.05, 3.63) is 41.1 Å². The van der Waals surface area contributed by atoms with Crippen molar-refractivity contribution in [1.82, 2.24) is 10.2 Å². The van der Waals surface area contributed by atoms with Crippen molar-refractivity contribution in [2.45, 2.75) is 32.5 Å². The Kier molecular flexibility index (Phi) is 7.09. The van der Waals surface area contributed by atoms with Crippen LogP contribution in [0.3, 0.4) is 0 Å². The lowest BCUT2D eigenvalue weighted by Gasteiger charge is -2.40. The zero-order valence-corrected chi connectivity index (χ0v) is 16.3. The topological polar surface area (TPSA) is 60.0 Å². The summed E-state index contributed by atoms with van der Waals surface area (Å²) in [5, 5.41) is 3.40. The van der Waals surface area contributed by atoms with E-state index >= 15 is 0 Å². The fourth-order valence-electron chi connectivity index (χ4n) is 3.13. The maximum Gasteiger partial charge on any atom is 0.387 e. The third kappa shape index (κ3) is 4.54. The second-order valence-corrected chi connectivity index (χ2v) is 6.35. The zero-order chi connectivity index (χ0) is 20.1. The van der Waals surface area contributed by atoms with Crippen molar-refractivity contribution in [2.75, 3.05) is 20.8 Å². The summed E-state index contributed by atoms with van der Waals surface area (Å²) in [5.74, 6) is -0.630. The van der Waals surface area contributed by atoms with Gasteiger partial charge in [-0.15, -0.1) is 0 Å². The third-order valence-electron chi connectivity index (χ3n) is 4.23. The van der Waals surface area contributed by atoms with E-state index in [9.17, 15) is 13.6 Å². The molecule has 0 saturated carbocycles. The van der Waals surface area contributed by atoms with Crippen molar-refractivity contribution in [3.63, 3.8) is 0 Å². The summed E-state index contributed by atoms with van der Waals surface area (Å²) in [6.45, 7) is 1.01. The summed E-state index contributed by atoms with van der Waals surface area (Å²) in [7, 11) is 2.83. The van der Waals surface area contributed by atoms with Gasteiger partial charge in [0.2, 0.25) is 0 Å². The van der Waals surface area contributed by atoms with Crippen LogP contribution in [0.25, 0.3) is 0 Å². The fraction of sp³-hybridized carbons (Fsp3) is 0.444. The smallest absolute Gasteiger partial charge is 0.387 e. The van der Waals surface area contributed by atoms with Gasteiger partial charge < -0.3 is 24.4 Å². The third-order valence-corrected chi connectivity index (χ3v) is 4.54. The Labute approximate surface area is 162 Å². The molecule has 0 aliphatic carbocycles. The number of para-hydroxylation sites is 1. The minimum atomic E-state index is -2.99.